The molecule has 1 aliphatic rings. The van der Waals surface area contributed by atoms with Gasteiger partial charge in [0.25, 0.3) is 0 Å². The molecular weight excluding hydrogens is 343 g/mol. The molecule has 2 atom stereocenters. The number of alkyl halides is 3. The molecule has 1 saturated heterocycles. The van der Waals surface area contributed by atoms with E-state index >= 15 is 0 Å². The molecule has 0 aromatic carbocycles. The standard InChI is InChI=1S/C15H20F3N3O4/c1-23-13-3-2-10(7-20-13)6-11-8-21(4-5-24-11)9-12(15(16,17)18)25-14(19)22/h2-3,7,11-12H,4-6,8-9H2,1H3,(H2,19,22)/t11-,12+/m1/s1. The van der Waals surface area contributed by atoms with E-state index in [4.69, 9.17) is 15.2 Å². The summed E-state index contributed by atoms with van der Waals surface area (Å²) in [5, 5.41) is 0. The molecule has 1 aromatic rings. The zero-order valence-electron chi connectivity index (χ0n) is 13.7. The second-order valence-electron chi connectivity index (χ2n) is 5.63. The molecule has 10 heteroatoms. The third-order valence-corrected chi connectivity index (χ3v) is 3.74. The number of nitrogens with zero attached hydrogens (tertiary/aromatic N) is 2. The van der Waals surface area contributed by atoms with Crippen molar-refractivity contribution in [2.45, 2.75) is 24.8 Å². The summed E-state index contributed by atoms with van der Waals surface area (Å²) in [5.41, 5.74) is 5.61. The first-order valence-corrected chi connectivity index (χ1v) is 7.63. The van der Waals surface area contributed by atoms with Crippen LogP contribution in [0.2, 0.25) is 0 Å². The average molecular weight is 363 g/mol. The van der Waals surface area contributed by atoms with Crippen LogP contribution in [0.5, 0.6) is 5.88 Å². The number of hydrogen-bond acceptors (Lipinski definition) is 6. The number of carbonyl (C=O) groups excluding carboxylic acids is 1. The normalized spacial score (nSPS) is 20.1. The number of nitrogens with two attached hydrogens (primary N) is 1. The van der Waals surface area contributed by atoms with Gasteiger partial charge in [0, 0.05) is 38.3 Å². The number of amides is 1. The van der Waals surface area contributed by atoms with Gasteiger partial charge in [-0.25, -0.2) is 9.78 Å². The summed E-state index contributed by atoms with van der Waals surface area (Å²) in [5.74, 6) is 0.478. The van der Waals surface area contributed by atoms with E-state index < -0.39 is 24.9 Å². The number of pyridine rings is 1. The summed E-state index contributed by atoms with van der Waals surface area (Å²) in [6.45, 7) is 0.398. The van der Waals surface area contributed by atoms with E-state index in [1.807, 2.05) is 6.07 Å². The molecular formula is C15H20F3N3O4. The van der Waals surface area contributed by atoms with Crippen molar-refractivity contribution >= 4 is 6.09 Å². The van der Waals surface area contributed by atoms with Crippen LogP contribution in [-0.2, 0) is 15.9 Å². The van der Waals surface area contributed by atoms with Crippen molar-refractivity contribution in [3.8, 4) is 5.88 Å². The van der Waals surface area contributed by atoms with E-state index in [9.17, 15) is 18.0 Å². The van der Waals surface area contributed by atoms with Crippen LogP contribution in [0.15, 0.2) is 18.3 Å². The number of aromatic nitrogens is 1. The van der Waals surface area contributed by atoms with Crippen molar-refractivity contribution < 1.29 is 32.2 Å². The highest BCUT2D eigenvalue weighted by Gasteiger charge is 2.44. The van der Waals surface area contributed by atoms with Crippen LogP contribution in [0, 0.1) is 0 Å². The Morgan fingerprint density at radius 2 is 2.28 bits per heavy atom. The lowest BCUT2D eigenvalue weighted by atomic mass is 10.1. The van der Waals surface area contributed by atoms with Gasteiger partial charge in [0.2, 0.25) is 12.0 Å². The Labute approximate surface area is 142 Å². The zero-order valence-corrected chi connectivity index (χ0v) is 13.7. The van der Waals surface area contributed by atoms with Crippen LogP contribution in [0.3, 0.4) is 0 Å². The van der Waals surface area contributed by atoms with Gasteiger partial charge in [0.15, 0.2) is 0 Å². The third kappa shape index (κ3) is 6.05. The van der Waals surface area contributed by atoms with E-state index in [0.717, 1.165) is 5.56 Å². The summed E-state index contributed by atoms with van der Waals surface area (Å²) in [6.07, 6.45) is -6.53. The molecule has 1 amide bonds. The van der Waals surface area contributed by atoms with Crippen LogP contribution < -0.4 is 10.5 Å². The van der Waals surface area contributed by atoms with Crippen molar-refractivity contribution in [3.05, 3.63) is 23.9 Å². The molecule has 2 heterocycles. The first-order chi connectivity index (χ1) is 11.8. The lowest BCUT2D eigenvalue weighted by Crippen LogP contribution is -2.50. The molecule has 1 aliphatic heterocycles. The highest BCUT2D eigenvalue weighted by Crippen LogP contribution is 2.24. The summed E-state index contributed by atoms with van der Waals surface area (Å²) in [7, 11) is 1.51. The first-order valence-electron chi connectivity index (χ1n) is 7.63. The fourth-order valence-corrected chi connectivity index (χ4v) is 2.57. The molecule has 1 fully saturated rings. The van der Waals surface area contributed by atoms with E-state index in [1.54, 1.807) is 17.2 Å². The monoisotopic (exact) mass is 363 g/mol. The Morgan fingerprint density at radius 3 is 2.84 bits per heavy atom. The number of halogens is 3. The molecule has 25 heavy (non-hydrogen) atoms. The molecule has 0 aliphatic carbocycles. The van der Waals surface area contributed by atoms with E-state index in [0.29, 0.717) is 18.8 Å². The lowest BCUT2D eigenvalue weighted by molar-refractivity contribution is -0.210. The van der Waals surface area contributed by atoms with Gasteiger partial charge in [-0.15, -0.1) is 0 Å². The molecule has 2 rings (SSSR count). The van der Waals surface area contributed by atoms with Gasteiger partial charge in [-0.1, -0.05) is 6.07 Å². The first kappa shape index (κ1) is 19.3. The molecule has 0 bridgehead atoms. The summed E-state index contributed by atoms with van der Waals surface area (Å²) >= 11 is 0. The quantitative estimate of drug-likeness (QED) is 0.821. The predicted molar refractivity (Wildman–Crippen MR) is 81.2 cm³/mol. The van der Waals surface area contributed by atoms with Crippen LogP contribution in [-0.4, -0.2) is 67.7 Å². The number of rotatable bonds is 6. The van der Waals surface area contributed by atoms with E-state index in [1.165, 1.54) is 7.11 Å². The van der Waals surface area contributed by atoms with Crippen molar-refractivity contribution in [2.75, 3.05) is 33.4 Å². The molecule has 140 valence electrons. The van der Waals surface area contributed by atoms with Gasteiger partial charge in [-0.3, -0.25) is 4.90 Å². The van der Waals surface area contributed by atoms with Crippen molar-refractivity contribution in [3.63, 3.8) is 0 Å². The topological polar surface area (TPSA) is 86.9 Å². The van der Waals surface area contributed by atoms with Gasteiger partial charge < -0.3 is 19.9 Å². The van der Waals surface area contributed by atoms with E-state index in [2.05, 4.69) is 9.72 Å². The van der Waals surface area contributed by atoms with Gasteiger partial charge in [-0.05, 0) is 5.56 Å². The highest BCUT2D eigenvalue weighted by atomic mass is 19.4. The maximum atomic E-state index is 12.9. The molecule has 1 aromatic heterocycles. The molecule has 0 spiro atoms. The number of morpholine rings is 1. The molecule has 0 saturated carbocycles. The Bertz CT molecular complexity index is 568. The minimum absolute atomic E-state index is 0.279. The number of ether oxygens (including phenoxy) is 3. The van der Waals surface area contributed by atoms with Gasteiger partial charge in [-0.2, -0.15) is 13.2 Å². The van der Waals surface area contributed by atoms with Gasteiger partial charge in [0.05, 0.1) is 19.8 Å². The van der Waals surface area contributed by atoms with Crippen LogP contribution >= 0.6 is 0 Å². The maximum absolute atomic E-state index is 12.9. The molecule has 7 nitrogen and oxygen atoms in total. The number of carbonyl (C=O) groups is 1. The zero-order chi connectivity index (χ0) is 18.4. The fourth-order valence-electron chi connectivity index (χ4n) is 2.57. The number of hydrogen-bond donors (Lipinski definition) is 1. The van der Waals surface area contributed by atoms with Crippen molar-refractivity contribution in [1.29, 1.82) is 0 Å². The summed E-state index contributed by atoms with van der Waals surface area (Å²) in [4.78, 5) is 16.3. The Morgan fingerprint density at radius 1 is 1.52 bits per heavy atom. The van der Waals surface area contributed by atoms with E-state index in [-0.39, 0.29) is 19.3 Å². The summed E-state index contributed by atoms with van der Waals surface area (Å²) in [6, 6.07) is 3.53. The highest BCUT2D eigenvalue weighted by molar-refractivity contribution is 5.64. The Hall–Kier alpha value is -2.07. The fraction of sp³-hybridized carbons (Fsp3) is 0.600. The van der Waals surface area contributed by atoms with Crippen molar-refractivity contribution in [2.24, 2.45) is 5.73 Å². The van der Waals surface area contributed by atoms with Crippen molar-refractivity contribution in [1.82, 2.24) is 9.88 Å². The number of primary amides is 1. The maximum Gasteiger partial charge on any atom is 0.426 e. The second-order valence-corrected chi connectivity index (χ2v) is 5.63. The third-order valence-electron chi connectivity index (χ3n) is 3.74. The minimum atomic E-state index is -4.68. The Kier molecular flexibility index (Phi) is 6.43. The average Bonchev–Trinajstić information content (AvgIpc) is 2.54. The molecule has 0 unspecified atom stereocenters. The van der Waals surface area contributed by atoms with Crippen LogP contribution in [0.4, 0.5) is 18.0 Å². The summed E-state index contributed by atoms with van der Waals surface area (Å²) < 4.78 is 53.6. The van der Waals surface area contributed by atoms with Crippen LogP contribution in [0.25, 0.3) is 0 Å². The Balaban J connectivity index is 1.93. The largest absolute Gasteiger partial charge is 0.481 e. The number of methoxy groups -OCH3 is 1. The lowest BCUT2D eigenvalue weighted by Gasteiger charge is -2.35. The molecule has 0 radical (unpaired) electrons. The SMILES string of the molecule is COc1ccc(C[C@@H]2CN(C[C@H](OC(N)=O)C(F)(F)F)CCO2)cn1. The smallest absolute Gasteiger partial charge is 0.426 e. The minimum Gasteiger partial charge on any atom is -0.481 e. The van der Waals surface area contributed by atoms with Gasteiger partial charge in [0.1, 0.15) is 0 Å². The second kappa shape index (κ2) is 8.34. The van der Waals surface area contributed by atoms with Crippen LogP contribution in [0.1, 0.15) is 5.56 Å². The predicted octanol–water partition coefficient (Wildman–Crippen LogP) is 1.36. The molecule has 2 N–H and O–H groups in total. The van der Waals surface area contributed by atoms with Gasteiger partial charge >= 0.3 is 12.3 Å².